The molecule has 5 heteroatoms. The van der Waals surface area contributed by atoms with Gasteiger partial charge in [0.25, 0.3) is 0 Å². The third kappa shape index (κ3) is 4.33. The van der Waals surface area contributed by atoms with Crippen molar-refractivity contribution in [3.05, 3.63) is 28.8 Å². The van der Waals surface area contributed by atoms with Crippen LogP contribution in [0.4, 0.5) is 0 Å². The summed E-state index contributed by atoms with van der Waals surface area (Å²) in [7, 11) is 0. The number of hydrogen-bond donors (Lipinski definition) is 1. The van der Waals surface area contributed by atoms with Gasteiger partial charge in [-0.3, -0.25) is 0 Å². The summed E-state index contributed by atoms with van der Waals surface area (Å²) < 4.78 is 5.35. The number of rotatable bonds is 6. The van der Waals surface area contributed by atoms with Crippen molar-refractivity contribution >= 4 is 17.6 Å². The monoisotopic (exact) mass is 253 g/mol. The van der Waals surface area contributed by atoms with Gasteiger partial charge in [-0.05, 0) is 31.0 Å². The molecule has 0 bridgehead atoms. The Bertz CT molecular complexity index is 440. The van der Waals surface area contributed by atoms with Gasteiger partial charge in [0, 0.05) is 11.4 Å². The lowest BCUT2D eigenvalue weighted by Gasteiger charge is -2.08. The Balaban J connectivity index is 2.60. The minimum Gasteiger partial charge on any atom is -0.493 e. The molecule has 4 nitrogen and oxygen atoms in total. The van der Waals surface area contributed by atoms with Gasteiger partial charge in [-0.15, -0.1) is 0 Å². The van der Waals surface area contributed by atoms with Crippen molar-refractivity contribution in [2.24, 2.45) is 0 Å². The molecule has 0 aliphatic heterocycles. The number of ether oxygens (including phenoxy) is 1. The minimum atomic E-state index is -1.05. The molecular formula is C12H12ClNO3. The Morgan fingerprint density at radius 1 is 1.47 bits per heavy atom. The fourth-order valence-electron chi connectivity index (χ4n) is 1.28. The molecule has 90 valence electrons. The van der Waals surface area contributed by atoms with Crippen LogP contribution < -0.4 is 4.74 Å². The highest BCUT2D eigenvalue weighted by atomic mass is 35.5. The van der Waals surface area contributed by atoms with E-state index in [2.05, 4.69) is 0 Å². The van der Waals surface area contributed by atoms with Gasteiger partial charge in [-0.1, -0.05) is 11.6 Å². The number of carboxylic acids is 1. The molecule has 0 spiro atoms. The van der Waals surface area contributed by atoms with Gasteiger partial charge < -0.3 is 9.84 Å². The first kappa shape index (κ1) is 13.3. The number of nitrogens with zero attached hydrogens (tertiary/aromatic N) is 1. The number of unbranched alkanes of at least 4 members (excludes halogenated alkanes) is 2. The first-order chi connectivity index (χ1) is 8.15. The van der Waals surface area contributed by atoms with Crippen LogP contribution in [0.2, 0.25) is 5.02 Å². The quantitative estimate of drug-likeness (QED) is 0.791. The van der Waals surface area contributed by atoms with E-state index in [4.69, 9.17) is 26.7 Å². The summed E-state index contributed by atoms with van der Waals surface area (Å²) in [5.41, 5.74) is 0.0923. The van der Waals surface area contributed by atoms with E-state index in [9.17, 15) is 4.79 Å². The molecule has 17 heavy (non-hydrogen) atoms. The molecule has 0 aliphatic carbocycles. The average Bonchev–Trinajstić information content (AvgIpc) is 2.28. The van der Waals surface area contributed by atoms with Crippen molar-refractivity contribution in [2.75, 3.05) is 6.61 Å². The van der Waals surface area contributed by atoms with E-state index in [0.29, 0.717) is 24.5 Å². The zero-order chi connectivity index (χ0) is 12.7. The van der Waals surface area contributed by atoms with Gasteiger partial charge in [-0.2, -0.15) is 5.26 Å². The number of nitriles is 1. The molecular weight excluding hydrogens is 242 g/mol. The molecule has 0 aromatic heterocycles. The van der Waals surface area contributed by atoms with E-state index < -0.39 is 5.97 Å². The van der Waals surface area contributed by atoms with Crippen LogP contribution in [0.15, 0.2) is 18.2 Å². The van der Waals surface area contributed by atoms with Gasteiger partial charge >= 0.3 is 5.97 Å². The number of hydrogen-bond acceptors (Lipinski definition) is 3. The number of benzene rings is 1. The van der Waals surface area contributed by atoms with Crippen molar-refractivity contribution in [1.29, 1.82) is 5.26 Å². The minimum absolute atomic E-state index is 0.0923. The maximum atomic E-state index is 10.9. The summed E-state index contributed by atoms with van der Waals surface area (Å²) in [4.78, 5) is 10.9. The zero-order valence-corrected chi connectivity index (χ0v) is 9.91. The second-order valence-corrected chi connectivity index (χ2v) is 3.85. The van der Waals surface area contributed by atoms with Crippen LogP contribution in [-0.4, -0.2) is 17.7 Å². The summed E-state index contributed by atoms with van der Waals surface area (Å²) >= 11 is 5.77. The Hall–Kier alpha value is -1.73. The molecule has 0 fully saturated rings. The topological polar surface area (TPSA) is 70.3 Å². The van der Waals surface area contributed by atoms with Crippen LogP contribution in [0.3, 0.4) is 0 Å². The molecule has 1 aromatic rings. The van der Waals surface area contributed by atoms with Gasteiger partial charge in [0.05, 0.1) is 12.7 Å². The van der Waals surface area contributed by atoms with Crippen LogP contribution in [0.25, 0.3) is 0 Å². The summed E-state index contributed by atoms with van der Waals surface area (Å²) in [6.45, 7) is 0.377. The third-order valence-electron chi connectivity index (χ3n) is 2.11. The van der Waals surface area contributed by atoms with Crippen molar-refractivity contribution in [3.63, 3.8) is 0 Å². The van der Waals surface area contributed by atoms with Gasteiger partial charge in [0.15, 0.2) is 0 Å². The van der Waals surface area contributed by atoms with E-state index in [1.165, 1.54) is 18.2 Å². The Kier molecular flexibility index (Phi) is 5.31. The lowest BCUT2D eigenvalue weighted by Crippen LogP contribution is -2.04. The second kappa shape index (κ2) is 6.77. The fraction of sp³-hybridized carbons (Fsp3) is 0.333. The van der Waals surface area contributed by atoms with E-state index in [1.807, 2.05) is 6.07 Å². The highest BCUT2D eigenvalue weighted by Gasteiger charge is 2.11. The standard InChI is InChI=1S/C12H12ClNO3/c13-9-4-5-10(12(15)16)11(8-9)17-7-3-1-2-6-14/h4-5,8H,1-3,7H2,(H,15,16). The van der Waals surface area contributed by atoms with Crippen LogP contribution in [0.1, 0.15) is 29.6 Å². The van der Waals surface area contributed by atoms with Crippen LogP contribution in [-0.2, 0) is 0 Å². The smallest absolute Gasteiger partial charge is 0.339 e. The van der Waals surface area contributed by atoms with E-state index in [-0.39, 0.29) is 11.3 Å². The molecule has 0 saturated heterocycles. The van der Waals surface area contributed by atoms with E-state index in [0.717, 1.165) is 6.42 Å². The first-order valence-electron chi connectivity index (χ1n) is 5.17. The van der Waals surface area contributed by atoms with Gasteiger partial charge in [0.2, 0.25) is 0 Å². The van der Waals surface area contributed by atoms with E-state index >= 15 is 0 Å². The largest absolute Gasteiger partial charge is 0.493 e. The Morgan fingerprint density at radius 2 is 2.24 bits per heavy atom. The predicted molar refractivity (Wildman–Crippen MR) is 63.4 cm³/mol. The molecule has 0 amide bonds. The first-order valence-corrected chi connectivity index (χ1v) is 5.55. The number of carboxylic acid groups (broad SMARTS) is 1. The summed E-state index contributed by atoms with van der Waals surface area (Å²) in [6, 6.07) is 6.44. The molecule has 0 radical (unpaired) electrons. The molecule has 1 N–H and O–H groups in total. The predicted octanol–water partition coefficient (Wildman–Crippen LogP) is 3.11. The molecule has 0 aliphatic rings. The van der Waals surface area contributed by atoms with Crippen LogP contribution >= 0.6 is 11.6 Å². The lowest BCUT2D eigenvalue weighted by atomic mass is 10.2. The maximum absolute atomic E-state index is 10.9. The van der Waals surface area contributed by atoms with E-state index in [1.54, 1.807) is 0 Å². The highest BCUT2D eigenvalue weighted by molar-refractivity contribution is 6.30. The lowest BCUT2D eigenvalue weighted by molar-refractivity contribution is 0.0692. The normalized spacial score (nSPS) is 9.65. The average molecular weight is 254 g/mol. The molecule has 1 rings (SSSR count). The SMILES string of the molecule is N#CCCCCOc1cc(Cl)ccc1C(=O)O. The summed E-state index contributed by atoms with van der Waals surface area (Å²) in [5.74, 6) is -0.782. The Morgan fingerprint density at radius 3 is 2.88 bits per heavy atom. The molecule has 0 atom stereocenters. The number of carbonyl (C=O) groups is 1. The summed E-state index contributed by atoms with van der Waals surface area (Å²) in [5, 5.41) is 17.7. The van der Waals surface area contributed by atoms with Crippen molar-refractivity contribution in [3.8, 4) is 11.8 Å². The van der Waals surface area contributed by atoms with Gasteiger partial charge in [-0.25, -0.2) is 4.79 Å². The number of halogens is 1. The van der Waals surface area contributed by atoms with Crippen molar-refractivity contribution in [1.82, 2.24) is 0 Å². The van der Waals surface area contributed by atoms with Crippen molar-refractivity contribution < 1.29 is 14.6 Å². The van der Waals surface area contributed by atoms with Crippen LogP contribution in [0, 0.1) is 11.3 Å². The summed E-state index contributed by atoms with van der Waals surface area (Å²) in [6.07, 6.45) is 1.92. The fourth-order valence-corrected chi connectivity index (χ4v) is 1.44. The zero-order valence-electron chi connectivity index (χ0n) is 9.15. The molecule has 0 unspecified atom stereocenters. The molecule has 0 heterocycles. The van der Waals surface area contributed by atoms with Crippen molar-refractivity contribution in [2.45, 2.75) is 19.3 Å². The molecule has 1 aromatic carbocycles. The highest BCUT2D eigenvalue weighted by Crippen LogP contribution is 2.23. The van der Waals surface area contributed by atoms with Crippen LogP contribution in [0.5, 0.6) is 5.75 Å². The number of aromatic carboxylic acids is 1. The maximum Gasteiger partial charge on any atom is 0.339 e. The second-order valence-electron chi connectivity index (χ2n) is 3.41. The molecule has 0 saturated carbocycles. The van der Waals surface area contributed by atoms with Gasteiger partial charge in [0.1, 0.15) is 11.3 Å². The third-order valence-corrected chi connectivity index (χ3v) is 2.35. The Labute approximate surface area is 104 Å².